The summed E-state index contributed by atoms with van der Waals surface area (Å²) in [5, 5.41) is 0.354. The van der Waals surface area contributed by atoms with Gasteiger partial charge in [0.05, 0.1) is 7.11 Å². The molecule has 0 bridgehead atoms. The topological polar surface area (TPSA) is 63.7 Å². The molecule has 0 radical (unpaired) electrons. The Bertz CT molecular complexity index is 555. The third-order valence-corrected chi connectivity index (χ3v) is 3.11. The highest BCUT2D eigenvalue weighted by Gasteiger charge is 2.41. The van der Waals surface area contributed by atoms with Crippen molar-refractivity contribution in [2.24, 2.45) is 0 Å². The molecule has 1 atom stereocenters. The van der Waals surface area contributed by atoms with E-state index in [9.17, 15) is 14.4 Å². The van der Waals surface area contributed by atoms with E-state index < -0.39 is 23.7 Å². The summed E-state index contributed by atoms with van der Waals surface area (Å²) in [6.45, 7) is 0. The van der Waals surface area contributed by atoms with E-state index in [1.54, 1.807) is 0 Å². The summed E-state index contributed by atoms with van der Waals surface area (Å²) in [6.07, 6.45) is 0. The number of halogens is 1. The first-order valence-electron chi connectivity index (χ1n) is 5.16. The number of likely N-dealkylation sites (N-methyl/N-ethyl adjacent to an activating group) is 1. The summed E-state index contributed by atoms with van der Waals surface area (Å²) in [5.74, 6) is -2.90. The van der Waals surface area contributed by atoms with Gasteiger partial charge in [-0.2, -0.15) is 0 Å². The summed E-state index contributed by atoms with van der Waals surface area (Å²) in [4.78, 5) is 36.5. The molecular weight excluding hydrogens is 258 g/mol. The molecule has 0 saturated carbocycles. The Hall–Kier alpha value is -1.88. The number of benzene rings is 1. The van der Waals surface area contributed by atoms with Crippen LogP contribution in [0, 0.1) is 0 Å². The number of nitrogens with zero attached hydrogens (tertiary/aromatic N) is 1. The van der Waals surface area contributed by atoms with Crippen molar-refractivity contribution in [3.63, 3.8) is 0 Å². The molecule has 2 rings (SSSR count). The van der Waals surface area contributed by atoms with E-state index in [-0.39, 0.29) is 5.56 Å². The Morgan fingerprint density at radius 3 is 2.67 bits per heavy atom. The molecule has 1 aliphatic heterocycles. The standard InChI is InChI=1S/C12H10ClNO4/c1-14-10(15)7-4-3-6(13)5-8(7)9(11(14)16)12(17)18-2/h3-5,9H,1-2H3. The number of carbonyl (C=O) groups is 3. The normalized spacial score (nSPS) is 18.6. The minimum Gasteiger partial charge on any atom is -0.468 e. The van der Waals surface area contributed by atoms with E-state index >= 15 is 0 Å². The van der Waals surface area contributed by atoms with Crippen molar-refractivity contribution >= 4 is 29.4 Å². The zero-order valence-corrected chi connectivity index (χ0v) is 10.5. The van der Waals surface area contributed by atoms with Crippen LogP contribution in [-0.4, -0.2) is 36.8 Å². The van der Waals surface area contributed by atoms with Crippen molar-refractivity contribution in [1.29, 1.82) is 0 Å². The number of imide groups is 1. The predicted molar refractivity (Wildman–Crippen MR) is 63.3 cm³/mol. The van der Waals surface area contributed by atoms with E-state index in [2.05, 4.69) is 4.74 Å². The van der Waals surface area contributed by atoms with Gasteiger partial charge in [-0.15, -0.1) is 0 Å². The van der Waals surface area contributed by atoms with E-state index in [1.807, 2.05) is 0 Å². The molecule has 0 N–H and O–H groups in total. The molecule has 1 aliphatic rings. The maximum absolute atomic E-state index is 12.0. The van der Waals surface area contributed by atoms with E-state index in [1.165, 1.54) is 32.4 Å². The summed E-state index contributed by atoms with van der Waals surface area (Å²) < 4.78 is 4.60. The number of fused-ring (bicyclic) bond motifs is 1. The summed E-state index contributed by atoms with van der Waals surface area (Å²) in [7, 11) is 2.52. The molecule has 0 aliphatic carbocycles. The highest BCUT2D eigenvalue weighted by molar-refractivity contribution is 6.31. The van der Waals surface area contributed by atoms with Crippen LogP contribution in [0.4, 0.5) is 0 Å². The fourth-order valence-corrected chi connectivity index (χ4v) is 2.10. The SMILES string of the molecule is COC(=O)C1C(=O)N(C)C(=O)c2ccc(Cl)cc21. The second-order valence-electron chi connectivity index (χ2n) is 3.89. The van der Waals surface area contributed by atoms with Crippen molar-refractivity contribution in [1.82, 2.24) is 4.90 Å². The lowest BCUT2D eigenvalue weighted by atomic mass is 9.89. The van der Waals surface area contributed by atoms with Crippen LogP contribution in [0.25, 0.3) is 0 Å². The number of amides is 2. The lowest BCUT2D eigenvalue weighted by Crippen LogP contribution is -2.44. The highest BCUT2D eigenvalue weighted by atomic mass is 35.5. The zero-order chi connectivity index (χ0) is 13.4. The number of hydrogen-bond donors (Lipinski definition) is 0. The molecule has 0 fully saturated rings. The smallest absolute Gasteiger partial charge is 0.322 e. The monoisotopic (exact) mass is 267 g/mol. The van der Waals surface area contributed by atoms with Gasteiger partial charge in [-0.05, 0) is 23.8 Å². The second-order valence-corrected chi connectivity index (χ2v) is 4.33. The molecular formula is C12H10ClNO4. The van der Waals surface area contributed by atoms with Crippen molar-refractivity contribution in [2.45, 2.75) is 5.92 Å². The third kappa shape index (κ3) is 1.76. The van der Waals surface area contributed by atoms with Crippen molar-refractivity contribution in [3.05, 3.63) is 34.3 Å². The van der Waals surface area contributed by atoms with Crippen molar-refractivity contribution in [2.75, 3.05) is 14.2 Å². The largest absolute Gasteiger partial charge is 0.468 e. The fraction of sp³-hybridized carbons (Fsp3) is 0.250. The number of methoxy groups -OCH3 is 1. The first kappa shape index (κ1) is 12.6. The zero-order valence-electron chi connectivity index (χ0n) is 9.77. The maximum atomic E-state index is 12.0. The maximum Gasteiger partial charge on any atom is 0.322 e. The molecule has 5 nitrogen and oxygen atoms in total. The number of esters is 1. The van der Waals surface area contributed by atoms with Crippen LogP contribution in [0.15, 0.2) is 18.2 Å². The lowest BCUT2D eigenvalue weighted by Gasteiger charge is -2.28. The minimum atomic E-state index is -1.13. The molecule has 1 aromatic carbocycles. The molecule has 18 heavy (non-hydrogen) atoms. The van der Waals surface area contributed by atoms with Crippen LogP contribution >= 0.6 is 11.6 Å². The summed E-state index contributed by atoms with van der Waals surface area (Å²) in [5.41, 5.74) is 0.583. The van der Waals surface area contributed by atoms with Crippen LogP contribution in [-0.2, 0) is 14.3 Å². The first-order valence-corrected chi connectivity index (χ1v) is 5.54. The molecule has 6 heteroatoms. The average Bonchev–Trinajstić information content (AvgIpc) is 2.35. The molecule has 2 amide bonds. The molecule has 0 saturated heterocycles. The first-order chi connectivity index (χ1) is 8.47. The van der Waals surface area contributed by atoms with Gasteiger partial charge < -0.3 is 4.74 Å². The Kier molecular flexibility index (Phi) is 3.09. The van der Waals surface area contributed by atoms with Crippen LogP contribution < -0.4 is 0 Å². The molecule has 0 aromatic heterocycles. The Labute approximate surface area is 108 Å². The minimum absolute atomic E-state index is 0.289. The molecule has 0 spiro atoms. The number of carbonyl (C=O) groups excluding carboxylic acids is 3. The van der Waals surface area contributed by atoms with Gasteiger partial charge in [0.25, 0.3) is 5.91 Å². The van der Waals surface area contributed by atoms with Gasteiger partial charge in [0.15, 0.2) is 5.92 Å². The Balaban J connectivity index is 2.65. The van der Waals surface area contributed by atoms with Crippen LogP contribution in [0.2, 0.25) is 5.02 Å². The van der Waals surface area contributed by atoms with Gasteiger partial charge >= 0.3 is 5.97 Å². The highest BCUT2D eigenvalue weighted by Crippen LogP contribution is 2.31. The van der Waals surface area contributed by atoms with Gasteiger partial charge in [-0.3, -0.25) is 19.3 Å². The average molecular weight is 268 g/mol. The second kappa shape index (κ2) is 4.42. The molecule has 94 valence electrons. The molecule has 1 aromatic rings. The Morgan fingerprint density at radius 2 is 2.06 bits per heavy atom. The van der Waals surface area contributed by atoms with Crippen molar-refractivity contribution < 1.29 is 19.1 Å². The Morgan fingerprint density at radius 1 is 1.39 bits per heavy atom. The van der Waals surface area contributed by atoms with Crippen LogP contribution in [0.1, 0.15) is 21.8 Å². The quantitative estimate of drug-likeness (QED) is 0.436. The molecule has 1 unspecified atom stereocenters. The van der Waals surface area contributed by atoms with E-state index in [4.69, 9.17) is 11.6 Å². The van der Waals surface area contributed by atoms with Gasteiger partial charge in [-0.25, -0.2) is 0 Å². The van der Waals surface area contributed by atoms with Crippen molar-refractivity contribution in [3.8, 4) is 0 Å². The van der Waals surface area contributed by atoms with Gasteiger partial charge in [0, 0.05) is 17.6 Å². The van der Waals surface area contributed by atoms with E-state index in [0.717, 1.165) is 4.90 Å². The van der Waals surface area contributed by atoms with Gasteiger partial charge in [-0.1, -0.05) is 11.6 Å². The lowest BCUT2D eigenvalue weighted by molar-refractivity contribution is -0.148. The van der Waals surface area contributed by atoms with Gasteiger partial charge in [0.2, 0.25) is 5.91 Å². The number of rotatable bonds is 1. The third-order valence-electron chi connectivity index (χ3n) is 2.87. The summed E-state index contributed by atoms with van der Waals surface area (Å²) >= 11 is 5.83. The molecule has 1 heterocycles. The number of ether oxygens (including phenoxy) is 1. The summed E-state index contributed by atoms with van der Waals surface area (Å²) in [6, 6.07) is 4.48. The predicted octanol–water partition coefficient (Wildman–Crippen LogP) is 1.21. The van der Waals surface area contributed by atoms with Crippen LogP contribution in [0.5, 0.6) is 0 Å². The van der Waals surface area contributed by atoms with E-state index in [0.29, 0.717) is 10.6 Å². The van der Waals surface area contributed by atoms with Gasteiger partial charge in [0.1, 0.15) is 0 Å². The fourth-order valence-electron chi connectivity index (χ4n) is 1.92. The number of hydrogen-bond acceptors (Lipinski definition) is 4. The van der Waals surface area contributed by atoms with Crippen LogP contribution in [0.3, 0.4) is 0 Å².